The van der Waals surface area contributed by atoms with Crippen molar-refractivity contribution in [2.24, 2.45) is 5.41 Å². The lowest BCUT2D eigenvalue weighted by Crippen LogP contribution is -2.32. The van der Waals surface area contributed by atoms with Gasteiger partial charge in [0.15, 0.2) is 0 Å². The van der Waals surface area contributed by atoms with E-state index >= 15 is 0 Å². The molecule has 0 saturated heterocycles. The van der Waals surface area contributed by atoms with Crippen LogP contribution in [0.3, 0.4) is 0 Å². The van der Waals surface area contributed by atoms with E-state index in [2.05, 4.69) is 6.92 Å². The highest BCUT2D eigenvalue weighted by Gasteiger charge is 2.24. The number of aliphatic hydroxyl groups is 2. The lowest BCUT2D eigenvalue weighted by atomic mass is 9.94. The lowest BCUT2D eigenvalue weighted by molar-refractivity contribution is -0.149. The summed E-state index contributed by atoms with van der Waals surface area (Å²) in [5, 5.41) is 18.0. The van der Waals surface area contributed by atoms with Crippen molar-refractivity contribution in [3.8, 4) is 0 Å². The lowest BCUT2D eigenvalue weighted by Gasteiger charge is -2.23. The number of ether oxygens (including phenoxy) is 1. The first-order chi connectivity index (χ1) is 8.08. The van der Waals surface area contributed by atoms with E-state index in [0.717, 1.165) is 19.3 Å². The number of rotatable bonds is 10. The standard InChI is InChI=1S/C13H26O4/c1-3-4-5-6-7-8-12(16)17-11-13(2,9-14)10-15/h14-15H,3-11H2,1-2H3. The minimum absolute atomic E-state index is 0.0772. The molecule has 0 aliphatic rings. The third kappa shape index (κ3) is 8.16. The molecule has 0 unspecified atom stereocenters. The number of unbranched alkanes of at least 4 members (excludes halogenated alkanes) is 4. The first kappa shape index (κ1) is 16.4. The van der Waals surface area contributed by atoms with Crippen LogP contribution in [0.2, 0.25) is 0 Å². The van der Waals surface area contributed by atoms with E-state index < -0.39 is 5.41 Å². The van der Waals surface area contributed by atoms with E-state index in [-0.39, 0.29) is 25.8 Å². The third-order valence-corrected chi connectivity index (χ3v) is 2.83. The Bertz CT molecular complexity index is 200. The number of carbonyl (C=O) groups excluding carboxylic acids is 1. The van der Waals surface area contributed by atoms with E-state index in [4.69, 9.17) is 14.9 Å². The van der Waals surface area contributed by atoms with Gasteiger partial charge in [-0.1, -0.05) is 39.5 Å². The maximum absolute atomic E-state index is 11.4. The van der Waals surface area contributed by atoms with Crippen molar-refractivity contribution >= 4 is 5.97 Å². The van der Waals surface area contributed by atoms with Crippen molar-refractivity contribution in [3.05, 3.63) is 0 Å². The Morgan fingerprint density at radius 1 is 1.12 bits per heavy atom. The van der Waals surface area contributed by atoms with Gasteiger partial charge < -0.3 is 14.9 Å². The monoisotopic (exact) mass is 246 g/mol. The van der Waals surface area contributed by atoms with Crippen LogP contribution in [0.1, 0.15) is 52.4 Å². The van der Waals surface area contributed by atoms with Crippen LogP contribution in [0.25, 0.3) is 0 Å². The van der Waals surface area contributed by atoms with Gasteiger partial charge in [0.2, 0.25) is 0 Å². The number of carbonyl (C=O) groups is 1. The summed E-state index contributed by atoms with van der Waals surface area (Å²) in [6.45, 7) is 3.54. The van der Waals surface area contributed by atoms with Crippen LogP contribution in [0.4, 0.5) is 0 Å². The summed E-state index contributed by atoms with van der Waals surface area (Å²) < 4.78 is 5.04. The van der Waals surface area contributed by atoms with Gasteiger partial charge in [-0.15, -0.1) is 0 Å². The Labute approximate surface area is 104 Å². The van der Waals surface area contributed by atoms with E-state index in [0.29, 0.717) is 6.42 Å². The molecule has 102 valence electrons. The van der Waals surface area contributed by atoms with Gasteiger partial charge in [-0.05, 0) is 6.42 Å². The van der Waals surface area contributed by atoms with Crippen LogP contribution in [0.5, 0.6) is 0 Å². The van der Waals surface area contributed by atoms with Crippen molar-refractivity contribution in [1.29, 1.82) is 0 Å². The SMILES string of the molecule is CCCCCCCC(=O)OCC(C)(CO)CO. The summed E-state index contributed by atoms with van der Waals surface area (Å²) >= 11 is 0. The molecule has 2 N–H and O–H groups in total. The normalized spacial score (nSPS) is 11.5. The van der Waals surface area contributed by atoms with Crippen molar-refractivity contribution in [2.75, 3.05) is 19.8 Å². The van der Waals surface area contributed by atoms with Crippen molar-refractivity contribution < 1.29 is 19.7 Å². The summed E-state index contributed by atoms with van der Waals surface area (Å²) in [5.74, 6) is -0.241. The Kier molecular flexibility index (Phi) is 9.09. The van der Waals surface area contributed by atoms with E-state index in [1.165, 1.54) is 12.8 Å². The zero-order valence-corrected chi connectivity index (χ0v) is 11.1. The molecule has 0 atom stereocenters. The maximum atomic E-state index is 11.4. The Hall–Kier alpha value is -0.610. The van der Waals surface area contributed by atoms with Crippen LogP contribution in [-0.4, -0.2) is 36.0 Å². The second-order valence-corrected chi connectivity index (χ2v) is 4.95. The zero-order valence-electron chi connectivity index (χ0n) is 11.1. The smallest absolute Gasteiger partial charge is 0.305 e. The number of hydrogen-bond donors (Lipinski definition) is 2. The highest BCUT2D eigenvalue weighted by molar-refractivity contribution is 5.69. The molecule has 4 nitrogen and oxygen atoms in total. The van der Waals surface area contributed by atoms with Gasteiger partial charge in [-0.3, -0.25) is 4.79 Å². The topological polar surface area (TPSA) is 66.8 Å². The van der Waals surface area contributed by atoms with E-state index in [1.807, 2.05) is 0 Å². The number of hydrogen-bond acceptors (Lipinski definition) is 4. The largest absolute Gasteiger partial charge is 0.465 e. The first-order valence-corrected chi connectivity index (χ1v) is 6.45. The molecule has 0 heterocycles. The molecule has 0 spiro atoms. The van der Waals surface area contributed by atoms with Crippen LogP contribution in [0.15, 0.2) is 0 Å². The Morgan fingerprint density at radius 3 is 2.24 bits per heavy atom. The molecule has 0 rings (SSSR count). The van der Waals surface area contributed by atoms with Gasteiger partial charge in [0.1, 0.15) is 6.61 Å². The molecule has 4 heteroatoms. The van der Waals surface area contributed by atoms with Gasteiger partial charge >= 0.3 is 5.97 Å². The van der Waals surface area contributed by atoms with E-state index in [1.54, 1.807) is 6.92 Å². The van der Waals surface area contributed by atoms with Gasteiger partial charge in [0.25, 0.3) is 0 Å². The molecule has 0 aromatic rings. The molecule has 0 aliphatic carbocycles. The molecular weight excluding hydrogens is 220 g/mol. The zero-order chi connectivity index (χ0) is 13.1. The molecule has 0 aromatic carbocycles. The molecule has 0 bridgehead atoms. The van der Waals surface area contributed by atoms with Crippen molar-refractivity contribution in [1.82, 2.24) is 0 Å². The van der Waals surface area contributed by atoms with Crippen molar-refractivity contribution in [3.63, 3.8) is 0 Å². The molecule has 0 aromatic heterocycles. The second-order valence-electron chi connectivity index (χ2n) is 4.95. The molecule has 0 aliphatic heterocycles. The van der Waals surface area contributed by atoms with Crippen LogP contribution in [-0.2, 0) is 9.53 Å². The highest BCUT2D eigenvalue weighted by Crippen LogP contribution is 2.15. The fraction of sp³-hybridized carbons (Fsp3) is 0.923. The van der Waals surface area contributed by atoms with Gasteiger partial charge in [-0.25, -0.2) is 0 Å². The molecule has 0 saturated carbocycles. The summed E-state index contributed by atoms with van der Waals surface area (Å²) in [6.07, 6.45) is 5.90. The van der Waals surface area contributed by atoms with Crippen LogP contribution >= 0.6 is 0 Å². The molecule has 0 amide bonds. The average Bonchev–Trinajstić information content (AvgIpc) is 2.35. The summed E-state index contributed by atoms with van der Waals surface area (Å²) in [7, 11) is 0. The van der Waals surface area contributed by atoms with Crippen LogP contribution < -0.4 is 0 Å². The number of esters is 1. The summed E-state index contributed by atoms with van der Waals surface area (Å²) in [4.78, 5) is 11.4. The molecule has 0 fully saturated rings. The predicted octanol–water partition coefficient (Wildman–Crippen LogP) is 1.88. The summed E-state index contributed by atoms with van der Waals surface area (Å²) in [5.41, 5.74) is -0.724. The first-order valence-electron chi connectivity index (χ1n) is 6.45. The number of aliphatic hydroxyl groups excluding tert-OH is 2. The molecular formula is C13H26O4. The Balaban J connectivity index is 3.59. The maximum Gasteiger partial charge on any atom is 0.305 e. The fourth-order valence-corrected chi connectivity index (χ4v) is 1.34. The predicted molar refractivity (Wildman–Crippen MR) is 66.6 cm³/mol. The summed E-state index contributed by atoms with van der Waals surface area (Å²) in [6, 6.07) is 0. The van der Waals surface area contributed by atoms with Gasteiger partial charge in [0, 0.05) is 11.8 Å². The average molecular weight is 246 g/mol. The highest BCUT2D eigenvalue weighted by atomic mass is 16.5. The van der Waals surface area contributed by atoms with Crippen LogP contribution in [0, 0.1) is 5.41 Å². The molecule has 0 radical (unpaired) electrons. The second kappa shape index (κ2) is 9.42. The molecule has 17 heavy (non-hydrogen) atoms. The Morgan fingerprint density at radius 2 is 1.71 bits per heavy atom. The third-order valence-electron chi connectivity index (χ3n) is 2.83. The minimum Gasteiger partial charge on any atom is -0.465 e. The van der Waals surface area contributed by atoms with Gasteiger partial charge in [-0.2, -0.15) is 0 Å². The van der Waals surface area contributed by atoms with Gasteiger partial charge in [0.05, 0.1) is 13.2 Å². The fourth-order valence-electron chi connectivity index (χ4n) is 1.34. The van der Waals surface area contributed by atoms with E-state index in [9.17, 15) is 4.79 Å². The quantitative estimate of drug-likeness (QED) is 0.456. The minimum atomic E-state index is -0.724. The van der Waals surface area contributed by atoms with Crippen molar-refractivity contribution in [2.45, 2.75) is 52.4 Å².